The van der Waals surface area contributed by atoms with E-state index in [2.05, 4.69) is 20.1 Å². The van der Waals surface area contributed by atoms with Crippen LogP contribution in [-0.4, -0.2) is 47.8 Å². The predicted molar refractivity (Wildman–Crippen MR) is 73.8 cm³/mol. The number of hydrogen-bond acceptors (Lipinski definition) is 7. The first-order valence-corrected chi connectivity index (χ1v) is 6.73. The molecule has 0 aliphatic rings. The fourth-order valence-electron chi connectivity index (χ4n) is 1.10. The molecular weight excluding hydrogens is 266 g/mol. The van der Waals surface area contributed by atoms with Crippen LogP contribution in [0, 0.1) is 0 Å². The number of methoxy groups -OCH3 is 1. The topological polar surface area (TPSA) is 93.2 Å². The van der Waals surface area contributed by atoms with Gasteiger partial charge in [-0.1, -0.05) is 5.22 Å². The van der Waals surface area contributed by atoms with Crippen LogP contribution < -0.4 is 5.73 Å². The second kappa shape index (κ2) is 8.44. The maximum atomic E-state index is 11.1. The minimum atomic E-state index is -0.612. The summed E-state index contributed by atoms with van der Waals surface area (Å²) in [5, 5.41) is 9.66. The van der Waals surface area contributed by atoms with Crippen LogP contribution in [0.3, 0.4) is 0 Å². The molecule has 0 bridgehead atoms. The van der Waals surface area contributed by atoms with E-state index in [1.54, 1.807) is 30.5 Å². The number of carbonyl (C=O) groups is 1. The molecule has 1 unspecified atom stereocenters. The standard InChI is InChI=1S/C11H17N5O2S/c1-16(8-19-7-10(12)11(17)18-2)15-14-9-4-3-5-13-6-9/h3-6,10H,7-8,12H2,1-2H3. The maximum absolute atomic E-state index is 11.1. The molecule has 0 radical (unpaired) electrons. The van der Waals surface area contributed by atoms with Crippen molar-refractivity contribution in [3.8, 4) is 0 Å². The molecule has 0 aliphatic heterocycles. The first kappa shape index (κ1) is 15.4. The van der Waals surface area contributed by atoms with Gasteiger partial charge in [-0.25, -0.2) is 0 Å². The molecule has 1 rings (SSSR count). The van der Waals surface area contributed by atoms with Gasteiger partial charge in [0.2, 0.25) is 0 Å². The average Bonchev–Trinajstić information content (AvgIpc) is 2.45. The predicted octanol–water partition coefficient (Wildman–Crippen LogP) is 1.20. The Morgan fingerprint density at radius 1 is 1.68 bits per heavy atom. The van der Waals surface area contributed by atoms with Gasteiger partial charge < -0.3 is 10.5 Å². The van der Waals surface area contributed by atoms with Gasteiger partial charge in [0, 0.05) is 19.0 Å². The third-order valence-corrected chi connectivity index (χ3v) is 3.19. The zero-order chi connectivity index (χ0) is 14.1. The highest BCUT2D eigenvalue weighted by Gasteiger charge is 2.13. The number of ether oxygens (including phenoxy) is 1. The summed E-state index contributed by atoms with van der Waals surface area (Å²) < 4.78 is 4.54. The number of nitrogens with two attached hydrogens (primary N) is 1. The zero-order valence-corrected chi connectivity index (χ0v) is 11.7. The monoisotopic (exact) mass is 283 g/mol. The Hall–Kier alpha value is -1.67. The third-order valence-electron chi connectivity index (χ3n) is 2.04. The van der Waals surface area contributed by atoms with Crippen molar-refractivity contribution in [3.63, 3.8) is 0 Å². The normalized spacial score (nSPS) is 12.4. The number of rotatable bonds is 7. The highest BCUT2D eigenvalue weighted by Crippen LogP contribution is 2.10. The lowest BCUT2D eigenvalue weighted by molar-refractivity contribution is -0.141. The summed E-state index contributed by atoms with van der Waals surface area (Å²) in [7, 11) is 3.11. The van der Waals surface area contributed by atoms with Crippen molar-refractivity contribution in [1.29, 1.82) is 0 Å². The Morgan fingerprint density at radius 3 is 3.11 bits per heavy atom. The van der Waals surface area contributed by atoms with E-state index in [1.807, 2.05) is 6.07 Å². The van der Waals surface area contributed by atoms with Crippen LogP contribution in [0.5, 0.6) is 0 Å². The number of thioether (sulfide) groups is 1. The molecule has 0 saturated carbocycles. The molecule has 1 aromatic rings. The molecule has 0 spiro atoms. The van der Waals surface area contributed by atoms with E-state index in [-0.39, 0.29) is 0 Å². The SMILES string of the molecule is COC(=O)C(N)CSCN(C)N=Nc1cccnc1. The number of hydrogen-bond donors (Lipinski definition) is 1. The van der Waals surface area contributed by atoms with Gasteiger partial charge in [-0.15, -0.1) is 16.9 Å². The second-order valence-electron chi connectivity index (χ2n) is 3.69. The second-order valence-corrected chi connectivity index (χ2v) is 4.69. The number of pyridine rings is 1. The largest absolute Gasteiger partial charge is 0.468 e. The Bertz CT molecular complexity index is 415. The van der Waals surface area contributed by atoms with Gasteiger partial charge >= 0.3 is 5.97 Å². The molecular formula is C11H17N5O2S. The summed E-state index contributed by atoms with van der Waals surface area (Å²) in [6.07, 6.45) is 3.30. The van der Waals surface area contributed by atoms with Crippen molar-refractivity contribution in [2.45, 2.75) is 6.04 Å². The molecule has 104 valence electrons. The summed E-state index contributed by atoms with van der Waals surface area (Å²) in [6.45, 7) is 0. The maximum Gasteiger partial charge on any atom is 0.323 e. The lowest BCUT2D eigenvalue weighted by Gasteiger charge is -2.12. The quantitative estimate of drug-likeness (QED) is 0.350. The molecule has 1 atom stereocenters. The lowest BCUT2D eigenvalue weighted by Crippen LogP contribution is -2.34. The van der Waals surface area contributed by atoms with Gasteiger partial charge in [-0.3, -0.25) is 14.8 Å². The Morgan fingerprint density at radius 2 is 2.47 bits per heavy atom. The molecule has 1 aromatic heterocycles. The highest BCUT2D eigenvalue weighted by molar-refractivity contribution is 7.99. The molecule has 1 heterocycles. The summed E-state index contributed by atoms with van der Waals surface area (Å²) >= 11 is 1.48. The molecule has 7 nitrogen and oxygen atoms in total. The molecule has 0 fully saturated rings. The van der Waals surface area contributed by atoms with Crippen molar-refractivity contribution in [2.24, 2.45) is 16.1 Å². The first-order chi connectivity index (χ1) is 9.13. The van der Waals surface area contributed by atoms with E-state index >= 15 is 0 Å². The highest BCUT2D eigenvalue weighted by atomic mass is 32.2. The number of carbonyl (C=O) groups excluding carboxylic acids is 1. The first-order valence-electron chi connectivity index (χ1n) is 5.57. The van der Waals surface area contributed by atoms with Gasteiger partial charge in [0.1, 0.15) is 11.7 Å². The summed E-state index contributed by atoms with van der Waals surface area (Å²) in [5.41, 5.74) is 6.29. The molecule has 0 saturated heterocycles. The van der Waals surface area contributed by atoms with Crippen LogP contribution in [0.25, 0.3) is 0 Å². The number of aromatic nitrogens is 1. The molecule has 0 aromatic carbocycles. The Kier molecular flexibility index (Phi) is 6.83. The summed E-state index contributed by atoms with van der Waals surface area (Å²) in [6, 6.07) is 2.99. The van der Waals surface area contributed by atoms with Crippen LogP contribution in [0.1, 0.15) is 0 Å². The van der Waals surface area contributed by atoms with Crippen LogP contribution in [0.2, 0.25) is 0 Å². The molecule has 8 heteroatoms. The van der Waals surface area contributed by atoms with E-state index in [0.29, 0.717) is 17.3 Å². The van der Waals surface area contributed by atoms with E-state index in [0.717, 1.165) is 0 Å². The fraction of sp³-hybridized carbons (Fsp3) is 0.455. The van der Waals surface area contributed by atoms with E-state index < -0.39 is 12.0 Å². The van der Waals surface area contributed by atoms with Gasteiger partial charge in [0.15, 0.2) is 0 Å². The van der Waals surface area contributed by atoms with Crippen molar-refractivity contribution >= 4 is 23.4 Å². The average molecular weight is 283 g/mol. The Labute approximate surface area is 116 Å². The van der Waals surface area contributed by atoms with E-state index in [1.165, 1.54) is 18.9 Å². The lowest BCUT2D eigenvalue weighted by atomic mass is 10.4. The van der Waals surface area contributed by atoms with Crippen LogP contribution >= 0.6 is 11.8 Å². The minimum Gasteiger partial charge on any atom is -0.468 e. The molecule has 0 amide bonds. The van der Waals surface area contributed by atoms with Crippen molar-refractivity contribution in [3.05, 3.63) is 24.5 Å². The fourth-order valence-corrected chi connectivity index (χ4v) is 1.91. The zero-order valence-electron chi connectivity index (χ0n) is 10.9. The number of esters is 1. The van der Waals surface area contributed by atoms with Gasteiger partial charge in [0.05, 0.1) is 19.2 Å². The summed E-state index contributed by atoms with van der Waals surface area (Å²) in [4.78, 5) is 15.0. The molecule has 2 N–H and O–H groups in total. The van der Waals surface area contributed by atoms with Crippen LogP contribution in [0.4, 0.5) is 5.69 Å². The molecule has 0 aliphatic carbocycles. The molecule has 19 heavy (non-hydrogen) atoms. The summed E-state index contributed by atoms with van der Waals surface area (Å²) in [5.74, 6) is 0.639. The van der Waals surface area contributed by atoms with Crippen LogP contribution in [0.15, 0.2) is 34.9 Å². The smallest absolute Gasteiger partial charge is 0.323 e. The van der Waals surface area contributed by atoms with Gasteiger partial charge in [0.25, 0.3) is 0 Å². The van der Waals surface area contributed by atoms with E-state index in [9.17, 15) is 4.79 Å². The van der Waals surface area contributed by atoms with Gasteiger partial charge in [-0.2, -0.15) is 0 Å². The van der Waals surface area contributed by atoms with Gasteiger partial charge in [-0.05, 0) is 12.1 Å². The van der Waals surface area contributed by atoms with Crippen LogP contribution in [-0.2, 0) is 9.53 Å². The van der Waals surface area contributed by atoms with Crippen molar-refractivity contribution in [1.82, 2.24) is 9.99 Å². The van der Waals surface area contributed by atoms with Crippen molar-refractivity contribution in [2.75, 3.05) is 25.8 Å². The third kappa shape index (κ3) is 6.16. The minimum absolute atomic E-state index is 0.410. The van der Waals surface area contributed by atoms with E-state index in [4.69, 9.17) is 5.73 Å². The van der Waals surface area contributed by atoms with Crippen molar-refractivity contribution < 1.29 is 9.53 Å². The Balaban J connectivity index is 2.27. The number of nitrogens with zero attached hydrogens (tertiary/aromatic N) is 4.